The van der Waals surface area contributed by atoms with Gasteiger partial charge in [0.1, 0.15) is 0 Å². The van der Waals surface area contributed by atoms with Crippen LogP contribution in [0.1, 0.15) is 32.1 Å². The molecule has 86 valence electrons. The molecule has 4 saturated carbocycles. The molecule has 5 heteroatoms. The van der Waals surface area contributed by atoms with Gasteiger partial charge < -0.3 is 12.9 Å². The third-order valence-electron chi connectivity index (χ3n) is 4.96. The van der Waals surface area contributed by atoms with Gasteiger partial charge in [-0.1, -0.05) is 12.2 Å². The molecule has 4 aliphatic carbocycles. The zero-order valence-corrected chi connectivity index (χ0v) is 13.0. The maximum atomic E-state index is 12.5. The van der Waals surface area contributed by atoms with Crippen LogP contribution < -0.4 is 51.4 Å². The van der Waals surface area contributed by atoms with Crippen LogP contribution in [0.5, 0.6) is 0 Å². The summed E-state index contributed by atoms with van der Waals surface area (Å²) in [5, 5.41) is 0. The first-order chi connectivity index (χ1) is 7.01. The Morgan fingerprint density at radius 2 is 1.25 bits per heavy atom. The molecule has 0 aromatic carbocycles. The summed E-state index contributed by atoms with van der Waals surface area (Å²) in [4.78, 5) is 0. The summed E-state index contributed by atoms with van der Waals surface area (Å²) in [5.74, 6) is 2.40. The van der Waals surface area contributed by atoms with Crippen LogP contribution in [0.4, 0.5) is 12.9 Å². The Hall–Kier alpha value is 1.49. The smallest absolute Gasteiger partial charge is 0.449 e. The molecule has 0 saturated heterocycles. The molecule has 0 unspecified atom stereocenters. The van der Waals surface area contributed by atoms with E-state index >= 15 is 0 Å². The minimum Gasteiger partial charge on any atom is -0.449 e. The van der Waals surface area contributed by atoms with Gasteiger partial charge in [-0.15, -0.1) is 0 Å². The van der Waals surface area contributed by atoms with Crippen molar-refractivity contribution in [1.82, 2.24) is 0 Å². The average molecular weight is 256 g/mol. The van der Waals surface area contributed by atoms with Crippen LogP contribution in [0.2, 0.25) is 6.32 Å². The summed E-state index contributed by atoms with van der Waals surface area (Å²) in [6.07, 6.45) is 5.27. The molecule has 4 fully saturated rings. The number of halogens is 3. The predicted octanol–water partition coefficient (Wildman–Crippen LogP) is 0.910. The SMILES string of the molecule is F[B-](F)(F)CC1C2CC3CC(C2)CC1C3.[K+]. The van der Waals surface area contributed by atoms with Gasteiger partial charge in [-0.25, -0.2) is 0 Å². The number of hydrogen-bond acceptors (Lipinski definition) is 0. The summed E-state index contributed by atoms with van der Waals surface area (Å²) in [5.41, 5.74) is 0. The molecule has 0 atom stereocenters. The fourth-order valence-electron chi connectivity index (χ4n) is 4.73. The maximum absolute atomic E-state index is 12.5. The van der Waals surface area contributed by atoms with Crippen LogP contribution in [0.15, 0.2) is 0 Å². The van der Waals surface area contributed by atoms with Gasteiger partial charge in [0, 0.05) is 0 Å². The fraction of sp³-hybridized carbons (Fsp3) is 1.00. The molecule has 0 aromatic rings. The van der Waals surface area contributed by atoms with Gasteiger partial charge >= 0.3 is 58.4 Å². The molecule has 4 rings (SSSR count). The summed E-state index contributed by atoms with van der Waals surface area (Å²) in [7, 11) is 0. The summed E-state index contributed by atoms with van der Waals surface area (Å²) in [6, 6.07) is 0. The second-order valence-corrected chi connectivity index (χ2v) is 6.04. The Balaban J connectivity index is 0.000000963. The fourth-order valence-corrected chi connectivity index (χ4v) is 4.73. The Labute approximate surface area is 138 Å². The molecule has 0 aromatic heterocycles. The molecular formula is C11H17BF3K. The van der Waals surface area contributed by atoms with Crippen molar-refractivity contribution in [3.63, 3.8) is 0 Å². The number of hydrogen-bond donors (Lipinski definition) is 0. The maximum Gasteiger partial charge on any atom is 1.00 e. The van der Waals surface area contributed by atoms with Gasteiger partial charge in [0.2, 0.25) is 0 Å². The monoisotopic (exact) mass is 256 g/mol. The van der Waals surface area contributed by atoms with Crippen LogP contribution >= 0.6 is 0 Å². The third kappa shape index (κ3) is 2.73. The second kappa shape index (κ2) is 4.88. The van der Waals surface area contributed by atoms with Gasteiger partial charge in [-0.2, -0.15) is 0 Å². The molecule has 0 amide bonds. The van der Waals surface area contributed by atoms with Crippen molar-refractivity contribution in [1.29, 1.82) is 0 Å². The topological polar surface area (TPSA) is 0 Å². The van der Waals surface area contributed by atoms with Crippen LogP contribution in [0, 0.1) is 29.6 Å². The van der Waals surface area contributed by atoms with Crippen molar-refractivity contribution >= 4 is 6.98 Å². The van der Waals surface area contributed by atoms with Gasteiger partial charge in [-0.05, 0) is 55.8 Å². The summed E-state index contributed by atoms with van der Waals surface area (Å²) < 4.78 is 37.6. The van der Waals surface area contributed by atoms with E-state index in [0.29, 0.717) is 11.8 Å². The molecule has 4 bridgehead atoms. The first-order valence-corrected chi connectivity index (χ1v) is 6.22. The first kappa shape index (κ1) is 13.9. The van der Waals surface area contributed by atoms with Gasteiger partial charge in [0.05, 0.1) is 0 Å². The Morgan fingerprint density at radius 3 is 1.62 bits per heavy atom. The van der Waals surface area contributed by atoms with Crippen molar-refractivity contribution in [2.45, 2.75) is 38.4 Å². The molecule has 16 heavy (non-hydrogen) atoms. The molecule has 0 nitrogen and oxygen atoms in total. The Kier molecular flexibility index (Phi) is 4.24. The van der Waals surface area contributed by atoms with E-state index in [1.54, 1.807) is 0 Å². The Bertz CT molecular complexity index is 238. The van der Waals surface area contributed by atoms with E-state index in [1.807, 2.05) is 0 Å². The Morgan fingerprint density at radius 1 is 0.812 bits per heavy atom. The summed E-state index contributed by atoms with van der Waals surface area (Å²) in [6.45, 7) is -4.56. The predicted molar refractivity (Wildman–Crippen MR) is 54.4 cm³/mol. The summed E-state index contributed by atoms with van der Waals surface area (Å²) >= 11 is 0. The minimum absolute atomic E-state index is 0. The van der Waals surface area contributed by atoms with E-state index in [0.717, 1.165) is 37.5 Å². The van der Waals surface area contributed by atoms with Crippen LogP contribution in [0.25, 0.3) is 0 Å². The largest absolute Gasteiger partial charge is 1.00 e. The van der Waals surface area contributed by atoms with E-state index < -0.39 is 13.3 Å². The van der Waals surface area contributed by atoms with Crippen LogP contribution in [0.3, 0.4) is 0 Å². The van der Waals surface area contributed by atoms with E-state index in [1.165, 1.54) is 6.42 Å². The zero-order valence-electron chi connectivity index (χ0n) is 9.84. The minimum atomic E-state index is -4.56. The van der Waals surface area contributed by atoms with E-state index in [4.69, 9.17) is 0 Å². The van der Waals surface area contributed by atoms with Crippen LogP contribution in [-0.2, 0) is 0 Å². The van der Waals surface area contributed by atoms with Crippen molar-refractivity contribution < 1.29 is 64.3 Å². The van der Waals surface area contributed by atoms with Gasteiger partial charge in [0.25, 0.3) is 0 Å². The van der Waals surface area contributed by atoms with Crippen molar-refractivity contribution in [2.24, 2.45) is 29.6 Å². The van der Waals surface area contributed by atoms with Crippen LogP contribution in [-0.4, -0.2) is 6.98 Å². The number of rotatable bonds is 2. The molecular weight excluding hydrogens is 239 g/mol. The molecule has 0 spiro atoms. The van der Waals surface area contributed by atoms with Crippen molar-refractivity contribution in [2.75, 3.05) is 0 Å². The first-order valence-electron chi connectivity index (χ1n) is 6.22. The normalized spacial score (nSPS) is 45.6. The van der Waals surface area contributed by atoms with E-state index in [2.05, 4.69) is 0 Å². The van der Waals surface area contributed by atoms with E-state index in [-0.39, 0.29) is 57.3 Å². The third-order valence-corrected chi connectivity index (χ3v) is 4.96. The standard InChI is InChI=1S/C11H17BF3.K/c13-12(14,15)6-11-9-2-7-1-8(4-9)5-10(11)3-7;/h7-11H,1-6H2;/q-1;+1. The van der Waals surface area contributed by atoms with Crippen molar-refractivity contribution in [3.8, 4) is 0 Å². The average Bonchev–Trinajstić information content (AvgIpc) is 2.08. The zero-order chi connectivity index (χ0) is 10.6. The van der Waals surface area contributed by atoms with Crippen molar-refractivity contribution in [3.05, 3.63) is 0 Å². The van der Waals surface area contributed by atoms with E-state index in [9.17, 15) is 12.9 Å². The molecule has 0 N–H and O–H groups in total. The molecule has 4 aliphatic rings. The van der Waals surface area contributed by atoms with Gasteiger partial charge in [-0.3, -0.25) is 0 Å². The second-order valence-electron chi connectivity index (χ2n) is 6.04. The molecule has 0 heterocycles. The molecule has 0 aliphatic heterocycles. The quantitative estimate of drug-likeness (QED) is 0.644. The molecule has 0 radical (unpaired) electrons. The van der Waals surface area contributed by atoms with Gasteiger partial charge in [0.15, 0.2) is 0 Å².